The quantitative estimate of drug-likeness (QED) is 0.429. The van der Waals surface area contributed by atoms with Gasteiger partial charge < -0.3 is 10.6 Å². The van der Waals surface area contributed by atoms with Crippen LogP contribution in [0, 0.1) is 11.2 Å². The molecule has 1 aliphatic carbocycles. The molecule has 1 spiro atoms. The molecule has 2 aliphatic rings. The zero-order valence-corrected chi connectivity index (χ0v) is 20.1. The molecule has 7 nitrogen and oxygen atoms in total. The molecule has 3 aromatic rings. The minimum Gasteiger partial charge on any atom is -0.365 e. The summed E-state index contributed by atoms with van der Waals surface area (Å²) in [6, 6.07) is 1.87. The van der Waals surface area contributed by atoms with Gasteiger partial charge in [-0.15, -0.1) is 0 Å². The summed E-state index contributed by atoms with van der Waals surface area (Å²) in [6.07, 6.45) is 8.96. The normalized spacial score (nSPS) is 23.5. The average Bonchev–Trinajstić information content (AvgIpc) is 3.29. The Kier molecular flexibility index (Phi) is 5.72. The molecule has 2 unspecified atom stereocenters. The molecule has 1 saturated carbocycles. The zero-order valence-electron chi connectivity index (χ0n) is 16.4. The highest BCUT2D eigenvalue weighted by Gasteiger charge is 2.42. The van der Waals surface area contributed by atoms with Crippen molar-refractivity contribution in [3.05, 3.63) is 35.5 Å². The highest BCUT2D eigenvalue weighted by atomic mass is 127. The predicted octanol–water partition coefficient (Wildman–Crippen LogP) is 4.99. The number of carbonyl (C=O) groups excluding carboxylic acids is 1. The second-order valence-corrected chi connectivity index (χ2v) is 10.4. The highest BCUT2D eigenvalue weighted by molar-refractivity contribution is 14.2. The summed E-state index contributed by atoms with van der Waals surface area (Å²) in [6.45, 7) is 0.697. The molecular formula is C20H19ClFIN6OS. The lowest BCUT2D eigenvalue weighted by Crippen LogP contribution is -2.37. The van der Waals surface area contributed by atoms with Crippen LogP contribution in [0.4, 0.5) is 10.2 Å². The van der Waals surface area contributed by atoms with Crippen LogP contribution >= 0.6 is 41.9 Å². The van der Waals surface area contributed by atoms with Crippen LogP contribution in [0.1, 0.15) is 32.1 Å². The van der Waals surface area contributed by atoms with Gasteiger partial charge in [0.2, 0.25) is 5.91 Å². The molecule has 3 aromatic heterocycles. The van der Waals surface area contributed by atoms with Crippen LogP contribution in [-0.4, -0.2) is 37.4 Å². The molecule has 0 aromatic carbocycles. The van der Waals surface area contributed by atoms with Gasteiger partial charge in [-0.25, -0.2) is 19.3 Å². The number of amides is 1. The third-order valence-corrected chi connectivity index (χ3v) is 8.02. The fraction of sp³-hybridized carbons (Fsp3) is 0.400. The Labute approximate surface area is 199 Å². The summed E-state index contributed by atoms with van der Waals surface area (Å²) >= 11 is 8.34. The van der Waals surface area contributed by atoms with Crippen molar-refractivity contribution in [3.8, 4) is 11.4 Å². The number of pyridine rings is 1. The fourth-order valence-electron chi connectivity index (χ4n) is 4.72. The van der Waals surface area contributed by atoms with E-state index in [0.29, 0.717) is 23.8 Å². The van der Waals surface area contributed by atoms with E-state index in [-0.39, 0.29) is 23.2 Å². The van der Waals surface area contributed by atoms with Gasteiger partial charge in [-0.2, -0.15) is 0 Å². The first kappa shape index (κ1) is 21.2. The maximum atomic E-state index is 14.6. The molecule has 1 saturated heterocycles. The second kappa shape index (κ2) is 8.36. The van der Waals surface area contributed by atoms with Crippen LogP contribution in [0.25, 0.3) is 22.4 Å². The number of anilines is 1. The van der Waals surface area contributed by atoms with Crippen molar-refractivity contribution in [2.24, 2.45) is 5.41 Å². The van der Waals surface area contributed by atoms with Gasteiger partial charge in [0.15, 0.2) is 23.1 Å². The van der Waals surface area contributed by atoms with Crippen LogP contribution in [0.5, 0.6) is 0 Å². The van der Waals surface area contributed by atoms with Crippen molar-refractivity contribution in [2.75, 3.05) is 11.9 Å². The summed E-state index contributed by atoms with van der Waals surface area (Å²) in [5, 5.41) is 7.55. The molecular weight excluding hydrogens is 554 g/mol. The van der Waals surface area contributed by atoms with Gasteiger partial charge >= 0.3 is 0 Å². The van der Waals surface area contributed by atoms with Gasteiger partial charge in [0.1, 0.15) is 0 Å². The topological polar surface area (TPSA) is 84.7 Å². The van der Waals surface area contributed by atoms with E-state index in [1.807, 2.05) is 16.2 Å². The fourth-order valence-corrected chi connectivity index (χ4v) is 6.14. The van der Waals surface area contributed by atoms with E-state index in [1.54, 1.807) is 6.20 Å². The average molecular weight is 573 g/mol. The Balaban J connectivity index is 1.46. The molecule has 2 atom stereocenters. The van der Waals surface area contributed by atoms with Gasteiger partial charge in [-0.3, -0.25) is 8.77 Å². The van der Waals surface area contributed by atoms with Crippen LogP contribution in [-0.2, 0) is 4.79 Å². The monoisotopic (exact) mass is 572 g/mol. The molecule has 0 bridgehead atoms. The largest absolute Gasteiger partial charge is 0.365 e. The number of halogens is 3. The Morgan fingerprint density at radius 2 is 2.26 bits per heavy atom. The van der Waals surface area contributed by atoms with Gasteiger partial charge in [0, 0.05) is 72.7 Å². The van der Waals surface area contributed by atoms with Gasteiger partial charge in [0.25, 0.3) is 0 Å². The number of aromatic nitrogens is 4. The molecule has 0 radical (unpaired) electrons. The van der Waals surface area contributed by atoms with E-state index in [9.17, 15) is 9.18 Å². The lowest BCUT2D eigenvalue weighted by atomic mass is 9.71. The van der Waals surface area contributed by atoms with Crippen molar-refractivity contribution in [2.45, 2.75) is 38.1 Å². The first-order valence-corrected chi connectivity index (χ1v) is 13.7. The number of hydrogen-bond acceptors (Lipinski definition) is 6. The third kappa shape index (κ3) is 4.09. The van der Waals surface area contributed by atoms with Crippen molar-refractivity contribution in [1.82, 2.24) is 24.2 Å². The smallest absolute Gasteiger partial charge is 0.220 e. The number of rotatable bonds is 4. The van der Waals surface area contributed by atoms with E-state index >= 15 is 0 Å². The van der Waals surface area contributed by atoms with Crippen molar-refractivity contribution < 1.29 is 9.18 Å². The van der Waals surface area contributed by atoms with Crippen molar-refractivity contribution >= 4 is 64.7 Å². The Morgan fingerprint density at radius 1 is 1.39 bits per heavy atom. The summed E-state index contributed by atoms with van der Waals surface area (Å²) in [7, 11) is 1.47. The first-order valence-electron chi connectivity index (χ1n) is 9.98. The number of nitrogens with zero attached hydrogens (tertiary/aromatic N) is 4. The highest BCUT2D eigenvalue weighted by Crippen LogP contribution is 2.42. The van der Waals surface area contributed by atoms with Crippen molar-refractivity contribution in [1.29, 1.82) is 0 Å². The maximum absolute atomic E-state index is 14.6. The molecule has 2 fully saturated rings. The number of nitrogens with one attached hydrogen (secondary N) is 2. The van der Waals surface area contributed by atoms with Crippen molar-refractivity contribution in [3.63, 3.8) is 0 Å². The second-order valence-electron chi connectivity index (χ2n) is 8.24. The van der Waals surface area contributed by atoms with E-state index in [4.69, 9.17) is 11.6 Å². The third-order valence-electron chi connectivity index (χ3n) is 6.11. The molecule has 2 N–H and O–H groups in total. The maximum Gasteiger partial charge on any atom is 0.220 e. The molecule has 1 amide bonds. The predicted molar refractivity (Wildman–Crippen MR) is 129 cm³/mol. The number of carbonyl (C=O) groups is 1. The molecule has 1 aliphatic heterocycles. The lowest BCUT2D eigenvalue weighted by molar-refractivity contribution is -0.119. The van der Waals surface area contributed by atoms with Crippen LogP contribution < -0.4 is 10.6 Å². The Morgan fingerprint density at radius 3 is 3.03 bits per heavy atom. The minimum atomic E-state index is -0.493. The van der Waals surface area contributed by atoms with E-state index in [2.05, 4.69) is 46.8 Å². The summed E-state index contributed by atoms with van der Waals surface area (Å²) in [5.41, 5.74) is 1.45. The zero-order chi connectivity index (χ0) is 21.6. The molecule has 31 heavy (non-hydrogen) atoms. The SMILES string of the molecule is O=C1CC2(CCCC(Nc3nc(-c4cn(SI)c5ncc(Cl)cc45)ncc3F)C2)CN1. The Hall–Kier alpha value is -1.66. The van der Waals surface area contributed by atoms with Gasteiger partial charge in [0.05, 0.1) is 11.2 Å². The number of fused-ring (bicyclic) bond motifs is 1. The van der Waals surface area contributed by atoms with E-state index in [1.165, 1.54) is 15.3 Å². The van der Waals surface area contributed by atoms with Crippen LogP contribution in [0.15, 0.2) is 24.7 Å². The van der Waals surface area contributed by atoms with Gasteiger partial charge in [-0.1, -0.05) is 18.0 Å². The van der Waals surface area contributed by atoms with Crippen LogP contribution in [0.2, 0.25) is 5.02 Å². The minimum absolute atomic E-state index is 0.0350. The van der Waals surface area contributed by atoms with E-state index < -0.39 is 5.82 Å². The first-order chi connectivity index (χ1) is 15.0. The summed E-state index contributed by atoms with van der Waals surface area (Å²) in [4.78, 5) is 24.9. The van der Waals surface area contributed by atoms with Crippen LogP contribution in [0.3, 0.4) is 0 Å². The standard InChI is InChI=1S/C20H19ClFIN6OS/c21-11-4-13-14(9-29(31-23)19(13)25-7-11)17-24-8-15(22)18(28-17)27-12-2-1-3-20(5-12)6-16(30)26-10-20/h4,7-9,12H,1-3,5-6,10H2,(H,26,30)(H,24,27,28). The molecule has 162 valence electrons. The van der Waals surface area contributed by atoms with E-state index in [0.717, 1.165) is 42.3 Å². The number of hydrogen-bond donors (Lipinski definition) is 2. The Bertz CT molecular complexity index is 1180. The summed E-state index contributed by atoms with van der Waals surface area (Å²) < 4.78 is 16.5. The molecule has 4 heterocycles. The van der Waals surface area contributed by atoms with Gasteiger partial charge in [-0.05, 0) is 30.7 Å². The molecule has 5 rings (SSSR count). The summed E-state index contributed by atoms with van der Waals surface area (Å²) in [5.74, 6) is 0.202. The molecule has 11 heteroatoms. The lowest BCUT2D eigenvalue weighted by Gasteiger charge is -2.37.